The zero-order valence-corrected chi connectivity index (χ0v) is 41.7. The Bertz CT molecular complexity index is 1240. The highest BCUT2D eigenvalue weighted by Crippen LogP contribution is 2.43. The molecule has 0 aliphatic rings. The molecule has 0 aromatic heterocycles. The summed E-state index contributed by atoms with van der Waals surface area (Å²) >= 11 is 0. The van der Waals surface area contributed by atoms with E-state index in [9.17, 15) is 19.4 Å². The maximum atomic E-state index is 12.9. The van der Waals surface area contributed by atoms with E-state index in [1.165, 1.54) is 109 Å². The van der Waals surface area contributed by atoms with Crippen molar-refractivity contribution < 1.29 is 32.9 Å². The van der Waals surface area contributed by atoms with Crippen LogP contribution in [-0.2, 0) is 18.4 Å². The fraction of sp³-hybridized carbons (Fsp3) is 0.755. The zero-order chi connectivity index (χ0) is 45.7. The Hall–Kier alpha value is -2.06. The summed E-state index contributed by atoms with van der Waals surface area (Å²) in [5.74, 6) is -0.186. The number of amides is 1. The summed E-state index contributed by atoms with van der Waals surface area (Å²) in [5, 5.41) is 13.9. The number of hydrogen-bond donors (Lipinski definition) is 3. The number of quaternary nitrogens is 1. The molecule has 3 unspecified atom stereocenters. The predicted molar refractivity (Wildman–Crippen MR) is 267 cm³/mol. The van der Waals surface area contributed by atoms with Crippen molar-refractivity contribution in [1.29, 1.82) is 0 Å². The minimum Gasteiger partial charge on any atom is -0.387 e. The smallest absolute Gasteiger partial charge is 0.387 e. The summed E-state index contributed by atoms with van der Waals surface area (Å²) in [6.45, 7) is 4.69. The highest BCUT2D eigenvalue weighted by Gasteiger charge is 2.27. The number of rotatable bonds is 45. The van der Waals surface area contributed by atoms with Crippen LogP contribution in [0.3, 0.4) is 0 Å². The first kappa shape index (κ1) is 59.9. The van der Waals surface area contributed by atoms with Gasteiger partial charge in [0.2, 0.25) is 5.91 Å². The summed E-state index contributed by atoms with van der Waals surface area (Å²) in [4.78, 5) is 23.2. The monoisotopic (exact) mass is 890 g/mol. The molecule has 1 amide bonds. The van der Waals surface area contributed by atoms with Gasteiger partial charge >= 0.3 is 7.82 Å². The molecule has 9 heteroatoms. The number of carbonyl (C=O) groups is 1. The van der Waals surface area contributed by atoms with Crippen LogP contribution in [0.2, 0.25) is 0 Å². The van der Waals surface area contributed by atoms with Gasteiger partial charge in [0.1, 0.15) is 13.2 Å². The fourth-order valence-electron chi connectivity index (χ4n) is 6.95. The molecule has 0 fully saturated rings. The molecule has 62 heavy (non-hydrogen) atoms. The van der Waals surface area contributed by atoms with E-state index in [1.54, 1.807) is 6.08 Å². The highest BCUT2D eigenvalue weighted by atomic mass is 31.2. The molecule has 0 saturated heterocycles. The SMILES string of the molecule is CC/C=C\C/C=C\C/C=C\C/C=C\C/C=C\CCCCCCCCCCCC(=O)NC(COP(=O)(O)OCC[N+](C)(C)C)C(O)/C=C/CCCCCCCCCCCCCCC. The van der Waals surface area contributed by atoms with Gasteiger partial charge in [0.15, 0.2) is 0 Å². The van der Waals surface area contributed by atoms with Gasteiger partial charge in [-0.05, 0) is 64.2 Å². The van der Waals surface area contributed by atoms with Gasteiger partial charge < -0.3 is 19.8 Å². The van der Waals surface area contributed by atoms with E-state index in [0.29, 0.717) is 17.4 Å². The van der Waals surface area contributed by atoms with Crippen molar-refractivity contribution in [3.05, 3.63) is 72.9 Å². The molecule has 0 saturated carbocycles. The lowest BCUT2D eigenvalue weighted by molar-refractivity contribution is -0.870. The summed E-state index contributed by atoms with van der Waals surface area (Å²) in [5.41, 5.74) is 0. The third kappa shape index (κ3) is 45.9. The Balaban J connectivity index is 4.30. The van der Waals surface area contributed by atoms with Crippen LogP contribution in [0.4, 0.5) is 0 Å². The number of hydrogen-bond acceptors (Lipinski definition) is 5. The molecule has 3 atom stereocenters. The third-order valence-corrected chi connectivity index (χ3v) is 11.9. The standard InChI is InChI=1S/C53H97N2O6P/c1-6-8-10-12-14-16-18-20-22-23-24-25-26-27-28-29-30-31-33-35-37-39-41-43-45-47-53(57)54-51(50-61-62(58,59)60-49-48-55(3,4)5)52(56)46-44-42-40-38-36-34-32-21-19-17-15-13-11-9-7-2/h8,10,14,16,20,22,24-25,27-28,44,46,51-52,56H,6-7,9,11-13,15,17-19,21,23,26,29-43,45,47-50H2,1-5H3,(H-,54,57,58,59)/p+1/b10-8-,16-14-,22-20-,25-24-,28-27-,46-44+. The van der Waals surface area contributed by atoms with Gasteiger partial charge in [-0.25, -0.2) is 4.57 Å². The van der Waals surface area contributed by atoms with E-state index in [1.807, 2.05) is 27.2 Å². The van der Waals surface area contributed by atoms with Crippen molar-refractivity contribution in [2.75, 3.05) is 40.9 Å². The van der Waals surface area contributed by atoms with Crippen LogP contribution in [-0.4, -0.2) is 73.4 Å². The first-order valence-electron chi connectivity index (χ1n) is 25.3. The van der Waals surface area contributed by atoms with Crippen LogP contribution in [0.25, 0.3) is 0 Å². The molecule has 0 radical (unpaired) electrons. The summed E-state index contributed by atoms with van der Waals surface area (Å²) in [6, 6.07) is -0.853. The lowest BCUT2D eigenvalue weighted by Crippen LogP contribution is -2.45. The van der Waals surface area contributed by atoms with E-state index in [2.05, 4.69) is 79.9 Å². The quantitative estimate of drug-likeness (QED) is 0.0243. The average Bonchev–Trinajstić information content (AvgIpc) is 3.23. The van der Waals surface area contributed by atoms with Gasteiger partial charge in [-0.1, -0.05) is 209 Å². The molecule has 0 spiro atoms. The van der Waals surface area contributed by atoms with E-state index < -0.39 is 20.0 Å². The van der Waals surface area contributed by atoms with Crippen LogP contribution in [0.15, 0.2) is 72.9 Å². The van der Waals surface area contributed by atoms with Crippen LogP contribution in [0.5, 0.6) is 0 Å². The number of unbranched alkanes of at least 4 members (excludes halogenated alkanes) is 22. The number of nitrogens with one attached hydrogen (secondary N) is 1. The lowest BCUT2D eigenvalue weighted by Gasteiger charge is -2.25. The summed E-state index contributed by atoms with van der Waals surface area (Å²) in [7, 11) is 1.56. The van der Waals surface area contributed by atoms with E-state index in [4.69, 9.17) is 9.05 Å². The zero-order valence-electron chi connectivity index (χ0n) is 40.8. The molecule has 0 aromatic rings. The predicted octanol–water partition coefficient (Wildman–Crippen LogP) is 14.8. The molecule has 8 nitrogen and oxygen atoms in total. The Labute approximate surface area is 383 Å². The van der Waals surface area contributed by atoms with Crippen molar-refractivity contribution in [3.8, 4) is 0 Å². The molecule has 0 aromatic carbocycles. The summed E-state index contributed by atoms with van der Waals surface area (Å²) in [6.07, 6.45) is 59.7. The highest BCUT2D eigenvalue weighted by molar-refractivity contribution is 7.47. The fourth-order valence-corrected chi connectivity index (χ4v) is 7.69. The van der Waals surface area contributed by atoms with Crippen LogP contribution >= 0.6 is 7.82 Å². The van der Waals surface area contributed by atoms with Gasteiger partial charge in [-0.2, -0.15) is 0 Å². The number of aliphatic hydroxyl groups is 1. The molecule has 0 aliphatic carbocycles. The topological polar surface area (TPSA) is 105 Å². The molecule has 0 heterocycles. The molecule has 0 rings (SSSR count). The van der Waals surface area contributed by atoms with Crippen molar-refractivity contribution in [3.63, 3.8) is 0 Å². The lowest BCUT2D eigenvalue weighted by atomic mass is 10.0. The Morgan fingerprint density at radius 3 is 1.42 bits per heavy atom. The van der Waals surface area contributed by atoms with Crippen molar-refractivity contribution >= 4 is 13.7 Å². The van der Waals surface area contributed by atoms with E-state index >= 15 is 0 Å². The molecular formula is C53H98N2O6P+. The number of phosphoric acid groups is 1. The molecule has 0 bridgehead atoms. The third-order valence-electron chi connectivity index (χ3n) is 10.9. The Morgan fingerprint density at radius 2 is 0.968 bits per heavy atom. The number of carbonyl (C=O) groups excluding carboxylic acids is 1. The van der Waals surface area contributed by atoms with Crippen LogP contribution in [0, 0.1) is 0 Å². The van der Waals surface area contributed by atoms with Crippen molar-refractivity contribution in [1.82, 2.24) is 5.32 Å². The van der Waals surface area contributed by atoms with E-state index in [-0.39, 0.29) is 19.1 Å². The van der Waals surface area contributed by atoms with Crippen molar-refractivity contribution in [2.24, 2.45) is 0 Å². The van der Waals surface area contributed by atoms with Gasteiger partial charge in [-0.3, -0.25) is 13.8 Å². The van der Waals surface area contributed by atoms with Gasteiger partial charge in [0.25, 0.3) is 0 Å². The number of aliphatic hydroxyl groups excluding tert-OH is 1. The maximum Gasteiger partial charge on any atom is 0.472 e. The molecule has 0 aliphatic heterocycles. The van der Waals surface area contributed by atoms with Crippen molar-refractivity contribution in [2.45, 2.75) is 219 Å². The number of likely N-dealkylation sites (N-methyl/N-ethyl adjacent to an activating group) is 1. The van der Waals surface area contributed by atoms with Gasteiger partial charge in [0.05, 0.1) is 39.9 Å². The van der Waals surface area contributed by atoms with E-state index in [0.717, 1.165) is 77.0 Å². The Kier molecular flexibility index (Phi) is 42.7. The van der Waals surface area contributed by atoms with Crippen LogP contribution in [0.1, 0.15) is 206 Å². The number of nitrogens with zero attached hydrogens (tertiary/aromatic N) is 1. The second-order valence-electron chi connectivity index (χ2n) is 18.2. The minimum atomic E-state index is -4.35. The Morgan fingerprint density at radius 1 is 0.565 bits per heavy atom. The average molecular weight is 890 g/mol. The molecule has 360 valence electrons. The van der Waals surface area contributed by atoms with Crippen LogP contribution < -0.4 is 5.32 Å². The minimum absolute atomic E-state index is 0.0572. The largest absolute Gasteiger partial charge is 0.472 e. The number of allylic oxidation sites excluding steroid dienone is 11. The second-order valence-corrected chi connectivity index (χ2v) is 19.6. The first-order chi connectivity index (χ1) is 30.0. The van der Waals surface area contributed by atoms with Gasteiger partial charge in [0, 0.05) is 6.42 Å². The molecular weight excluding hydrogens is 792 g/mol. The van der Waals surface area contributed by atoms with Gasteiger partial charge in [-0.15, -0.1) is 0 Å². The maximum absolute atomic E-state index is 12.9. The molecule has 3 N–H and O–H groups in total. The summed E-state index contributed by atoms with van der Waals surface area (Å²) < 4.78 is 23.6. The number of phosphoric ester groups is 1. The second kappa shape index (κ2) is 44.2. The first-order valence-corrected chi connectivity index (χ1v) is 26.8. The normalized spacial score (nSPS) is 14.8.